The number of hydrogen-bond acceptors (Lipinski definition) is 18. The molecule has 101 heavy (non-hydrogen) atoms. The van der Waals surface area contributed by atoms with E-state index >= 15 is 0 Å². The Balaban J connectivity index is 1.33. The Hall–Kier alpha value is -2.25. The Labute approximate surface area is 612 Å². The molecule has 0 radical (unpaired) electrons. The molecule has 19 nitrogen and oxygen atoms in total. The fourth-order valence-electron chi connectivity index (χ4n) is 14.1. The molecule has 1 amide bonds. The average molecular weight is 1440 g/mol. The lowest BCUT2D eigenvalue weighted by molar-refractivity contribution is -0.379. The number of allylic oxidation sites excluding steroid dienone is 8. The van der Waals surface area contributed by atoms with Crippen molar-refractivity contribution in [1.29, 1.82) is 0 Å². The molecule has 0 saturated carbocycles. The number of amides is 1. The summed E-state index contributed by atoms with van der Waals surface area (Å²) in [5.74, 6) is -0.236. The molecule has 12 N–H and O–H groups in total. The molecule has 0 aromatic rings. The van der Waals surface area contributed by atoms with Crippen LogP contribution in [-0.4, -0.2) is 193 Å². The molecule has 0 aliphatic carbocycles. The molecule has 3 heterocycles. The fraction of sp³-hybridized carbons (Fsp3) is 0.890. The van der Waals surface area contributed by atoms with E-state index in [1.165, 1.54) is 231 Å². The summed E-state index contributed by atoms with van der Waals surface area (Å²) in [5, 5.41) is 121. The van der Waals surface area contributed by atoms with Crippen LogP contribution < -0.4 is 5.32 Å². The minimum Gasteiger partial charge on any atom is -0.394 e. The standard InChI is InChI=1S/C82H151NO18/c1-3-5-7-9-11-13-15-17-19-21-23-25-26-27-28-29-30-31-32-33-34-35-36-37-38-40-42-44-46-48-50-52-54-56-58-60-70(88)83-65(66(87)59-57-55-53-51-49-47-45-43-41-39-24-22-20-18-16-14-12-10-8-6-4-2)64-96-80-76(94)73(91)78(68(62-85)98-80)101-82-77(95)74(92)79(69(63-86)99-82)100-81-75(93)72(90)71(89)67(61-84)97-81/h5,7,11,13,17,19,23,25,65-69,71-82,84-87,89-95H,3-4,6,8-10,12,14-16,18,20-22,24,26-64H2,1-2H3,(H,83,88)/b7-5-,13-11-,19-17-,25-23-. The number of rotatable bonds is 66. The highest BCUT2D eigenvalue weighted by Gasteiger charge is 2.54. The lowest BCUT2D eigenvalue weighted by Crippen LogP contribution is -2.66. The topological polar surface area (TPSA) is 307 Å². The molecule has 0 bridgehead atoms. The summed E-state index contributed by atoms with van der Waals surface area (Å²) in [6.45, 7) is 1.74. The molecule has 592 valence electrons. The number of carbonyl (C=O) groups is 1. The Morgan fingerprint density at radius 3 is 1.07 bits per heavy atom. The van der Waals surface area contributed by atoms with Crippen molar-refractivity contribution in [2.45, 2.75) is 439 Å². The van der Waals surface area contributed by atoms with Gasteiger partial charge in [0.05, 0.1) is 38.6 Å². The Bertz CT molecular complexity index is 2010. The second kappa shape index (κ2) is 62.8. The Morgan fingerprint density at radius 2 is 0.683 bits per heavy atom. The van der Waals surface area contributed by atoms with Gasteiger partial charge in [0.1, 0.15) is 73.2 Å². The molecule has 3 rings (SSSR count). The minimum atomic E-state index is -1.97. The van der Waals surface area contributed by atoms with E-state index in [1.807, 2.05) is 0 Å². The van der Waals surface area contributed by atoms with E-state index in [4.69, 9.17) is 28.4 Å². The summed E-state index contributed by atoms with van der Waals surface area (Å²) < 4.78 is 34.5. The van der Waals surface area contributed by atoms with Crippen molar-refractivity contribution in [1.82, 2.24) is 5.32 Å². The first-order valence-corrected chi connectivity index (χ1v) is 41.4. The van der Waals surface area contributed by atoms with Crippen LogP contribution in [0, 0.1) is 0 Å². The number of nitrogens with one attached hydrogen (secondary N) is 1. The third-order valence-electron chi connectivity index (χ3n) is 20.7. The predicted molar refractivity (Wildman–Crippen MR) is 402 cm³/mol. The highest BCUT2D eigenvalue weighted by Crippen LogP contribution is 2.33. The van der Waals surface area contributed by atoms with Crippen LogP contribution in [0.25, 0.3) is 0 Å². The molecule has 0 aromatic heterocycles. The zero-order valence-electron chi connectivity index (χ0n) is 63.4. The van der Waals surface area contributed by atoms with Crippen molar-refractivity contribution in [2.24, 2.45) is 0 Å². The number of carbonyl (C=O) groups excluding carboxylic acids is 1. The summed E-state index contributed by atoms with van der Waals surface area (Å²) in [5.41, 5.74) is 0. The van der Waals surface area contributed by atoms with Gasteiger partial charge in [-0.05, 0) is 51.4 Å². The van der Waals surface area contributed by atoms with E-state index in [1.54, 1.807) is 0 Å². The van der Waals surface area contributed by atoms with Gasteiger partial charge in [-0.2, -0.15) is 0 Å². The van der Waals surface area contributed by atoms with Crippen molar-refractivity contribution in [3.8, 4) is 0 Å². The first-order valence-electron chi connectivity index (χ1n) is 41.4. The van der Waals surface area contributed by atoms with Gasteiger partial charge >= 0.3 is 0 Å². The smallest absolute Gasteiger partial charge is 0.220 e. The Kier molecular flexibility index (Phi) is 57.8. The maximum atomic E-state index is 13.5. The molecule has 3 fully saturated rings. The van der Waals surface area contributed by atoms with Gasteiger partial charge in [0.2, 0.25) is 5.91 Å². The van der Waals surface area contributed by atoms with E-state index in [9.17, 15) is 61.0 Å². The summed E-state index contributed by atoms with van der Waals surface area (Å²) in [6, 6.07) is -0.887. The molecule has 3 aliphatic rings. The number of hydrogen-bond donors (Lipinski definition) is 12. The normalized spacial score (nSPS) is 26.5. The van der Waals surface area contributed by atoms with E-state index < -0.39 is 124 Å². The molecular weight excluding hydrogens is 1290 g/mol. The van der Waals surface area contributed by atoms with E-state index in [-0.39, 0.29) is 18.9 Å². The SMILES string of the molecule is CC/C=C\C/C=C\C/C=C\C/C=C\CCCCCCCCCCCCCCCCCCCCCCCCC(=O)NC(COC1OC(CO)C(OC2OC(CO)C(OC3OC(CO)C(O)C(O)C3O)C(O)C2O)C(O)C1O)C(O)CCCCCCCCCCCCCCCCCCCCCCC. The third kappa shape index (κ3) is 42.8. The highest BCUT2D eigenvalue weighted by molar-refractivity contribution is 5.76. The van der Waals surface area contributed by atoms with Crippen LogP contribution in [0.2, 0.25) is 0 Å². The van der Waals surface area contributed by atoms with E-state index in [2.05, 4.69) is 67.8 Å². The van der Waals surface area contributed by atoms with Gasteiger partial charge in [-0.3, -0.25) is 4.79 Å². The molecule has 17 atom stereocenters. The second-order valence-corrected chi connectivity index (χ2v) is 29.6. The van der Waals surface area contributed by atoms with Crippen molar-refractivity contribution >= 4 is 5.91 Å². The van der Waals surface area contributed by atoms with Crippen LogP contribution in [0.3, 0.4) is 0 Å². The van der Waals surface area contributed by atoms with Crippen LogP contribution in [0.4, 0.5) is 0 Å². The molecule has 0 aromatic carbocycles. The van der Waals surface area contributed by atoms with Gasteiger partial charge in [-0.15, -0.1) is 0 Å². The maximum Gasteiger partial charge on any atom is 0.220 e. The van der Waals surface area contributed by atoms with Gasteiger partial charge in [0.25, 0.3) is 0 Å². The maximum absolute atomic E-state index is 13.5. The van der Waals surface area contributed by atoms with Gasteiger partial charge in [-0.1, -0.05) is 326 Å². The summed E-state index contributed by atoms with van der Waals surface area (Å²) in [7, 11) is 0. The monoisotopic (exact) mass is 1440 g/mol. The number of aliphatic hydroxyl groups excluding tert-OH is 11. The van der Waals surface area contributed by atoms with Crippen molar-refractivity contribution < 1.29 is 89.4 Å². The van der Waals surface area contributed by atoms with Gasteiger partial charge < -0.3 is 89.9 Å². The molecule has 17 unspecified atom stereocenters. The predicted octanol–water partition coefficient (Wildman–Crippen LogP) is 14.1. The first-order chi connectivity index (χ1) is 49.3. The lowest BCUT2D eigenvalue weighted by Gasteiger charge is -2.48. The van der Waals surface area contributed by atoms with Crippen molar-refractivity contribution in [3.05, 3.63) is 48.6 Å². The number of ether oxygens (including phenoxy) is 6. The number of unbranched alkanes of at least 4 members (excludes halogenated alkanes) is 42. The van der Waals surface area contributed by atoms with Crippen LogP contribution in [0.5, 0.6) is 0 Å². The lowest BCUT2D eigenvalue weighted by atomic mass is 9.96. The zero-order chi connectivity index (χ0) is 73.2. The zero-order valence-corrected chi connectivity index (χ0v) is 63.4. The van der Waals surface area contributed by atoms with Crippen LogP contribution in [0.15, 0.2) is 48.6 Å². The molecule has 3 saturated heterocycles. The highest BCUT2D eigenvalue weighted by atomic mass is 16.8. The van der Waals surface area contributed by atoms with Crippen LogP contribution in [-0.2, 0) is 33.2 Å². The molecule has 0 spiro atoms. The van der Waals surface area contributed by atoms with Gasteiger partial charge in [0, 0.05) is 6.42 Å². The van der Waals surface area contributed by atoms with Gasteiger partial charge in [0.15, 0.2) is 18.9 Å². The number of aliphatic hydroxyl groups is 11. The van der Waals surface area contributed by atoms with Crippen molar-refractivity contribution in [2.75, 3.05) is 26.4 Å². The summed E-state index contributed by atoms with van der Waals surface area (Å²) in [6.07, 6.45) is 52.1. The largest absolute Gasteiger partial charge is 0.394 e. The molecule has 3 aliphatic heterocycles. The molecular formula is C82H151NO18. The first kappa shape index (κ1) is 93.0. The summed E-state index contributed by atoms with van der Waals surface area (Å²) in [4.78, 5) is 13.5. The van der Waals surface area contributed by atoms with Crippen LogP contribution in [0.1, 0.15) is 335 Å². The van der Waals surface area contributed by atoms with Crippen molar-refractivity contribution in [3.63, 3.8) is 0 Å². The summed E-state index contributed by atoms with van der Waals surface area (Å²) >= 11 is 0. The molecule has 19 heteroatoms. The van der Waals surface area contributed by atoms with E-state index in [0.717, 1.165) is 70.6 Å². The third-order valence-corrected chi connectivity index (χ3v) is 20.7. The second-order valence-electron chi connectivity index (χ2n) is 29.6. The van der Waals surface area contributed by atoms with Gasteiger partial charge in [-0.25, -0.2) is 0 Å². The Morgan fingerprint density at radius 1 is 0.366 bits per heavy atom. The minimum absolute atomic E-state index is 0.236. The van der Waals surface area contributed by atoms with E-state index in [0.29, 0.717) is 12.8 Å². The fourth-order valence-corrected chi connectivity index (χ4v) is 14.1. The average Bonchev–Trinajstić information content (AvgIpc) is 0.782. The van der Waals surface area contributed by atoms with Crippen LogP contribution >= 0.6 is 0 Å². The quantitative estimate of drug-likeness (QED) is 0.0199.